The summed E-state index contributed by atoms with van der Waals surface area (Å²) in [7, 11) is -3.26. The number of aromatic nitrogens is 2. The number of hydrogen-bond acceptors (Lipinski definition) is 4. The van der Waals surface area contributed by atoms with Crippen molar-refractivity contribution >= 4 is 33.2 Å². The van der Waals surface area contributed by atoms with Gasteiger partial charge < -0.3 is 5.32 Å². The lowest BCUT2D eigenvalue weighted by Crippen LogP contribution is -2.17. The van der Waals surface area contributed by atoms with Gasteiger partial charge in [-0.05, 0) is 47.4 Å². The highest BCUT2D eigenvalue weighted by molar-refractivity contribution is 7.90. The molecule has 0 bridgehead atoms. The molecule has 6 nitrogen and oxygen atoms in total. The lowest BCUT2D eigenvalue weighted by molar-refractivity contribution is 0.102. The first-order chi connectivity index (χ1) is 14.0. The van der Waals surface area contributed by atoms with Crippen LogP contribution in [0.2, 0.25) is 5.02 Å². The van der Waals surface area contributed by atoms with Crippen molar-refractivity contribution in [1.82, 2.24) is 9.78 Å². The number of rotatable bonds is 3. The average molecular weight is 444 g/mol. The number of halogens is 1. The zero-order valence-electron chi connectivity index (χ0n) is 16.9. The van der Waals surface area contributed by atoms with Gasteiger partial charge in [-0.15, -0.1) is 0 Å². The van der Waals surface area contributed by atoms with Gasteiger partial charge in [-0.3, -0.25) is 4.79 Å². The molecule has 4 rings (SSSR count). The first-order valence-electron chi connectivity index (χ1n) is 9.52. The first-order valence-corrected chi connectivity index (χ1v) is 11.7. The van der Waals surface area contributed by atoms with Crippen LogP contribution >= 0.6 is 11.6 Å². The number of benzene rings is 2. The highest BCUT2D eigenvalue weighted by atomic mass is 35.5. The van der Waals surface area contributed by atoms with Crippen LogP contribution in [0.1, 0.15) is 48.0 Å². The summed E-state index contributed by atoms with van der Waals surface area (Å²) in [4.78, 5) is 12.9. The first kappa shape index (κ1) is 20.6. The van der Waals surface area contributed by atoms with Crippen molar-refractivity contribution in [1.29, 1.82) is 0 Å². The van der Waals surface area contributed by atoms with Crippen LogP contribution in [0.25, 0.3) is 5.69 Å². The smallest absolute Gasteiger partial charge is 0.256 e. The van der Waals surface area contributed by atoms with E-state index in [4.69, 9.17) is 11.6 Å². The Bertz CT molecular complexity index is 1220. The predicted molar refractivity (Wildman–Crippen MR) is 118 cm³/mol. The van der Waals surface area contributed by atoms with E-state index < -0.39 is 9.84 Å². The van der Waals surface area contributed by atoms with E-state index in [0.717, 1.165) is 5.56 Å². The van der Waals surface area contributed by atoms with Crippen LogP contribution in [-0.2, 0) is 26.8 Å². The van der Waals surface area contributed by atoms with Crippen molar-refractivity contribution in [3.05, 3.63) is 75.9 Å². The summed E-state index contributed by atoms with van der Waals surface area (Å²) in [6.07, 6.45) is 0. The van der Waals surface area contributed by atoms with Crippen molar-refractivity contribution in [2.45, 2.75) is 37.7 Å². The van der Waals surface area contributed by atoms with Gasteiger partial charge in [0.05, 0.1) is 22.9 Å². The van der Waals surface area contributed by atoms with Crippen LogP contribution in [0.15, 0.2) is 48.5 Å². The third kappa shape index (κ3) is 4.00. The van der Waals surface area contributed by atoms with Gasteiger partial charge in [-0.25, -0.2) is 13.1 Å². The second-order valence-electron chi connectivity index (χ2n) is 8.48. The van der Waals surface area contributed by atoms with Crippen LogP contribution in [0.3, 0.4) is 0 Å². The molecule has 0 aliphatic carbocycles. The second kappa shape index (κ2) is 7.25. The number of hydrogen-bond donors (Lipinski definition) is 1. The quantitative estimate of drug-likeness (QED) is 0.646. The number of amides is 1. The van der Waals surface area contributed by atoms with E-state index in [0.29, 0.717) is 33.3 Å². The van der Waals surface area contributed by atoms with Gasteiger partial charge in [0, 0.05) is 16.1 Å². The molecule has 1 aliphatic rings. The van der Waals surface area contributed by atoms with Gasteiger partial charge in [0.2, 0.25) is 0 Å². The monoisotopic (exact) mass is 443 g/mol. The summed E-state index contributed by atoms with van der Waals surface area (Å²) in [5.41, 5.74) is 3.27. The van der Waals surface area contributed by atoms with Crippen LogP contribution in [0, 0.1) is 0 Å². The summed E-state index contributed by atoms with van der Waals surface area (Å²) >= 11 is 5.98. The molecule has 2 aromatic carbocycles. The molecule has 1 aliphatic heterocycles. The second-order valence-corrected chi connectivity index (χ2v) is 11.0. The molecule has 3 aromatic rings. The van der Waals surface area contributed by atoms with Crippen LogP contribution in [-0.4, -0.2) is 24.1 Å². The van der Waals surface area contributed by atoms with Gasteiger partial charge in [-0.1, -0.05) is 44.5 Å². The summed E-state index contributed by atoms with van der Waals surface area (Å²) in [6.45, 7) is 6.32. The zero-order valence-corrected chi connectivity index (χ0v) is 18.5. The molecule has 0 unspecified atom stereocenters. The molecule has 1 N–H and O–H groups in total. The minimum Gasteiger partial charge on any atom is -0.306 e. The van der Waals surface area contributed by atoms with Gasteiger partial charge in [0.15, 0.2) is 9.84 Å². The lowest BCUT2D eigenvalue weighted by Gasteiger charge is -2.19. The fourth-order valence-electron chi connectivity index (χ4n) is 3.44. The standard InChI is InChI=1S/C22H22ClN3O3S/c1-22(2,3)15-6-4-14(5-7-15)21(27)24-20-18-12-30(28,29)13-19(18)25-26(20)17-10-8-16(23)9-11-17/h4-11H,12-13H2,1-3H3,(H,24,27). The number of fused-ring (bicyclic) bond motifs is 1. The Balaban J connectivity index is 1.71. The molecule has 8 heteroatoms. The van der Waals surface area contributed by atoms with Crippen molar-refractivity contribution < 1.29 is 13.2 Å². The molecule has 2 heterocycles. The summed E-state index contributed by atoms with van der Waals surface area (Å²) in [6, 6.07) is 14.4. The number of sulfone groups is 1. The molecule has 0 radical (unpaired) electrons. The summed E-state index contributed by atoms with van der Waals surface area (Å²) in [5, 5.41) is 7.91. The Morgan fingerprint density at radius 3 is 2.27 bits per heavy atom. The molecule has 1 aromatic heterocycles. The Hall–Kier alpha value is -2.64. The fourth-order valence-corrected chi connectivity index (χ4v) is 5.06. The molecular weight excluding hydrogens is 422 g/mol. The number of anilines is 1. The van der Waals surface area contributed by atoms with Crippen molar-refractivity contribution in [2.24, 2.45) is 0 Å². The molecule has 156 valence electrons. The van der Waals surface area contributed by atoms with Crippen LogP contribution in [0.4, 0.5) is 5.82 Å². The largest absolute Gasteiger partial charge is 0.306 e. The van der Waals surface area contributed by atoms with Crippen molar-refractivity contribution in [3.8, 4) is 5.69 Å². The average Bonchev–Trinajstić information content (AvgIpc) is 3.14. The van der Waals surface area contributed by atoms with Gasteiger partial charge in [0.25, 0.3) is 5.91 Å². The Labute approximate surface area is 180 Å². The molecule has 1 amide bonds. The van der Waals surface area contributed by atoms with Crippen LogP contribution in [0.5, 0.6) is 0 Å². The molecular formula is C22H22ClN3O3S. The van der Waals surface area contributed by atoms with Crippen molar-refractivity contribution in [2.75, 3.05) is 5.32 Å². The summed E-state index contributed by atoms with van der Waals surface area (Å²) < 4.78 is 25.8. The number of nitrogens with zero attached hydrogens (tertiary/aromatic N) is 2. The molecule has 0 saturated carbocycles. The molecule has 0 atom stereocenters. The van der Waals surface area contributed by atoms with Gasteiger partial charge in [0.1, 0.15) is 5.82 Å². The van der Waals surface area contributed by atoms with E-state index in [9.17, 15) is 13.2 Å². The SMILES string of the molecule is CC(C)(C)c1ccc(C(=O)Nc2c3c(nn2-c2ccc(Cl)cc2)CS(=O)(=O)C3)cc1. The maximum Gasteiger partial charge on any atom is 0.256 e. The maximum absolute atomic E-state index is 12.9. The van der Waals surface area contributed by atoms with Gasteiger partial charge in [-0.2, -0.15) is 5.10 Å². The van der Waals surface area contributed by atoms with E-state index in [1.165, 1.54) is 0 Å². The molecule has 0 saturated heterocycles. The van der Waals surface area contributed by atoms with E-state index in [1.807, 2.05) is 12.1 Å². The van der Waals surface area contributed by atoms with E-state index in [2.05, 4.69) is 31.2 Å². The molecule has 0 fully saturated rings. The zero-order chi connectivity index (χ0) is 21.7. The van der Waals surface area contributed by atoms with Gasteiger partial charge >= 0.3 is 0 Å². The van der Waals surface area contributed by atoms with E-state index in [1.54, 1.807) is 41.1 Å². The Morgan fingerprint density at radius 1 is 1.03 bits per heavy atom. The third-order valence-corrected chi connectivity index (χ3v) is 6.80. The third-order valence-electron chi connectivity index (χ3n) is 5.10. The van der Waals surface area contributed by atoms with Crippen LogP contribution < -0.4 is 5.32 Å². The molecule has 0 spiro atoms. The lowest BCUT2D eigenvalue weighted by atomic mass is 9.87. The number of nitrogens with one attached hydrogen (secondary N) is 1. The highest BCUT2D eigenvalue weighted by Crippen LogP contribution is 2.33. The number of carbonyl (C=O) groups is 1. The maximum atomic E-state index is 12.9. The van der Waals surface area contributed by atoms with Crippen molar-refractivity contribution in [3.63, 3.8) is 0 Å². The minimum atomic E-state index is -3.26. The normalized spacial score (nSPS) is 15.1. The highest BCUT2D eigenvalue weighted by Gasteiger charge is 2.33. The minimum absolute atomic E-state index is 0.0165. The topological polar surface area (TPSA) is 81.1 Å². The Kier molecular flexibility index (Phi) is 4.98. The van der Waals surface area contributed by atoms with E-state index in [-0.39, 0.29) is 22.8 Å². The fraction of sp³-hybridized carbons (Fsp3) is 0.273. The Morgan fingerprint density at radius 2 is 1.67 bits per heavy atom. The summed E-state index contributed by atoms with van der Waals surface area (Å²) in [5.74, 6) is -0.225. The molecule has 30 heavy (non-hydrogen) atoms. The van der Waals surface area contributed by atoms with E-state index >= 15 is 0 Å². The number of carbonyl (C=O) groups excluding carboxylic acids is 1. The predicted octanol–water partition coefficient (Wildman–Crippen LogP) is 4.50.